The van der Waals surface area contributed by atoms with Gasteiger partial charge in [-0.1, -0.05) is 31.2 Å². The van der Waals surface area contributed by atoms with E-state index in [9.17, 15) is 14.4 Å². The van der Waals surface area contributed by atoms with E-state index in [1.54, 1.807) is 24.3 Å². The SMILES string of the molecule is COCCN(C(=O)CCl)C1=C(N2CCC(C)C2)C(=O)c2ccccc2C1=O. The summed E-state index contributed by atoms with van der Waals surface area (Å²) in [6.45, 7) is 3.85. The van der Waals surface area contributed by atoms with Crippen LogP contribution in [0.4, 0.5) is 0 Å². The number of methoxy groups -OCH3 is 1. The van der Waals surface area contributed by atoms with Crippen molar-refractivity contribution in [2.45, 2.75) is 13.3 Å². The average molecular weight is 391 g/mol. The van der Waals surface area contributed by atoms with E-state index < -0.39 is 5.91 Å². The van der Waals surface area contributed by atoms with Gasteiger partial charge in [0.15, 0.2) is 0 Å². The number of ketones is 2. The molecular weight excluding hydrogens is 368 g/mol. The Labute approximate surface area is 163 Å². The minimum atomic E-state index is -0.422. The molecule has 1 aromatic carbocycles. The molecule has 7 heteroatoms. The first-order valence-corrected chi connectivity index (χ1v) is 9.56. The Bertz CT molecular complexity index is 805. The summed E-state index contributed by atoms with van der Waals surface area (Å²) in [7, 11) is 1.52. The molecule has 0 bridgehead atoms. The lowest BCUT2D eigenvalue weighted by molar-refractivity contribution is -0.127. The summed E-state index contributed by atoms with van der Waals surface area (Å²) in [4.78, 5) is 42.4. The number of carbonyl (C=O) groups is 3. The first-order valence-electron chi connectivity index (χ1n) is 9.02. The molecule has 1 aromatic rings. The van der Waals surface area contributed by atoms with Crippen LogP contribution in [0.1, 0.15) is 34.1 Å². The molecule has 0 N–H and O–H groups in total. The first kappa shape index (κ1) is 19.6. The number of allylic oxidation sites excluding steroid dienone is 2. The number of amides is 1. The molecule has 1 saturated heterocycles. The lowest BCUT2D eigenvalue weighted by atomic mass is 9.89. The monoisotopic (exact) mass is 390 g/mol. The van der Waals surface area contributed by atoms with E-state index in [2.05, 4.69) is 6.92 Å². The smallest absolute Gasteiger partial charge is 0.242 e. The summed E-state index contributed by atoms with van der Waals surface area (Å²) < 4.78 is 5.10. The molecule has 1 aliphatic carbocycles. The van der Waals surface area contributed by atoms with Crippen LogP contribution >= 0.6 is 11.6 Å². The van der Waals surface area contributed by atoms with Crippen LogP contribution in [0.25, 0.3) is 0 Å². The molecule has 144 valence electrons. The molecule has 0 saturated carbocycles. The number of benzene rings is 1. The van der Waals surface area contributed by atoms with E-state index in [0.29, 0.717) is 35.8 Å². The van der Waals surface area contributed by atoms with Crippen LogP contribution in [0.2, 0.25) is 0 Å². The summed E-state index contributed by atoms with van der Waals surface area (Å²) >= 11 is 5.80. The Hall–Kier alpha value is -2.18. The lowest BCUT2D eigenvalue weighted by Gasteiger charge is -2.33. The lowest BCUT2D eigenvalue weighted by Crippen LogP contribution is -2.44. The van der Waals surface area contributed by atoms with Crippen molar-refractivity contribution in [2.75, 3.05) is 39.2 Å². The highest BCUT2D eigenvalue weighted by Crippen LogP contribution is 2.33. The first-order chi connectivity index (χ1) is 13.0. The molecule has 6 nitrogen and oxygen atoms in total. The number of rotatable bonds is 6. The molecule has 1 aliphatic heterocycles. The third-order valence-corrected chi connectivity index (χ3v) is 5.24. The van der Waals surface area contributed by atoms with Crippen LogP contribution in [0.15, 0.2) is 35.7 Å². The third-order valence-electron chi connectivity index (χ3n) is 5.02. The highest BCUT2D eigenvalue weighted by Gasteiger charge is 2.40. The quantitative estimate of drug-likeness (QED) is 0.697. The zero-order chi connectivity index (χ0) is 19.6. The zero-order valence-corrected chi connectivity index (χ0v) is 16.3. The van der Waals surface area contributed by atoms with E-state index in [-0.39, 0.29) is 36.3 Å². The van der Waals surface area contributed by atoms with Crippen molar-refractivity contribution in [3.8, 4) is 0 Å². The van der Waals surface area contributed by atoms with Gasteiger partial charge in [0.1, 0.15) is 17.3 Å². The Kier molecular flexibility index (Phi) is 5.97. The van der Waals surface area contributed by atoms with E-state index in [4.69, 9.17) is 16.3 Å². The predicted molar refractivity (Wildman–Crippen MR) is 102 cm³/mol. The van der Waals surface area contributed by atoms with Crippen LogP contribution in [0, 0.1) is 5.92 Å². The van der Waals surface area contributed by atoms with Gasteiger partial charge in [0.05, 0.1) is 6.61 Å². The van der Waals surface area contributed by atoms with Crippen molar-refractivity contribution < 1.29 is 19.1 Å². The zero-order valence-electron chi connectivity index (χ0n) is 15.5. The molecule has 1 fully saturated rings. The number of fused-ring (bicyclic) bond motifs is 1. The van der Waals surface area contributed by atoms with Gasteiger partial charge >= 0.3 is 0 Å². The van der Waals surface area contributed by atoms with Gasteiger partial charge in [-0.25, -0.2) is 0 Å². The standard InChI is InChI=1S/C20H23ClN2O4/c1-13-7-8-22(12-13)17-18(23(9-10-27-2)16(24)11-21)20(26)15-6-4-3-5-14(15)19(17)25/h3-6,13H,7-12H2,1-2H3. The minimum Gasteiger partial charge on any atom is -0.383 e. The molecule has 27 heavy (non-hydrogen) atoms. The molecule has 1 heterocycles. The van der Waals surface area contributed by atoms with Crippen LogP contribution in [-0.4, -0.2) is 66.5 Å². The van der Waals surface area contributed by atoms with Crippen molar-refractivity contribution in [1.82, 2.24) is 9.80 Å². The van der Waals surface area contributed by atoms with Gasteiger partial charge in [-0.3, -0.25) is 14.4 Å². The fraction of sp³-hybridized carbons (Fsp3) is 0.450. The summed E-state index contributed by atoms with van der Waals surface area (Å²) in [6, 6.07) is 6.74. The number of carbonyl (C=O) groups excluding carboxylic acids is 3. The Morgan fingerprint density at radius 2 is 1.93 bits per heavy atom. The molecule has 0 spiro atoms. The topological polar surface area (TPSA) is 66.9 Å². The van der Waals surface area contributed by atoms with Gasteiger partial charge in [-0.05, 0) is 12.3 Å². The Morgan fingerprint density at radius 1 is 1.26 bits per heavy atom. The van der Waals surface area contributed by atoms with Crippen molar-refractivity contribution in [1.29, 1.82) is 0 Å². The maximum absolute atomic E-state index is 13.3. The van der Waals surface area contributed by atoms with E-state index in [1.165, 1.54) is 12.0 Å². The molecule has 2 aliphatic rings. The number of nitrogens with zero attached hydrogens (tertiary/aromatic N) is 2. The average Bonchev–Trinajstić information content (AvgIpc) is 3.11. The molecule has 1 amide bonds. The van der Waals surface area contributed by atoms with Crippen LogP contribution in [-0.2, 0) is 9.53 Å². The van der Waals surface area contributed by atoms with Crippen molar-refractivity contribution in [2.24, 2.45) is 5.92 Å². The fourth-order valence-electron chi connectivity index (χ4n) is 3.65. The molecule has 0 aromatic heterocycles. The summed E-state index contributed by atoms with van der Waals surface area (Å²) in [5.74, 6) is -0.836. The summed E-state index contributed by atoms with van der Waals surface area (Å²) in [6.07, 6.45) is 0.932. The highest BCUT2D eigenvalue weighted by molar-refractivity contribution is 6.30. The number of hydrogen-bond donors (Lipinski definition) is 0. The predicted octanol–water partition coefficient (Wildman–Crippen LogP) is 2.33. The van der Waals surface area contributed by atoms with Crippen LogP contribution in [0.5, 0.6) is 0 Å². The Morgan fingerprint density at radius 3 is 2.48 bits per heavy atom. The second kappa shape index (κ2) is 8.23. The summed E-state index contributed by atoms with van der Waals surface area (Å²) in [5, 5.41) is 0. The maximum Gasteiger partial charge on any atom is 0.242 e. The molecule has 3 rings (SSSR count). The number of halogens is 1. The fourth-order valence-corrected chi connectivity index (χ4v) is 3.79. The van der Waals surface area contributed by atoms with Gasteiger partial charge in [-0.15, -0.1) is 11.6 Å². The van der Waals surface area contributed by atoms with Gasteiger partial charge < -0.3 is 14.5 Å². The van der Waals surface area contributed by atoms with Gasteiger partial charge in [0.2, 0.25) is 17.5 Å². The number of Topliss-reactive ketones (excluding diaryl/α,β-unsaturated/α-hetero) is 2. The maximum atomic E-state index is 13.3. The summed E-state index contributed by atoms with van der Waals surface area (Å²) in [5.41, 5.74) is 1.12. The molecule has 1 atom stereocenters. The Balaban J connectivity index is 2.16. The van der Waals surface area contributed by atoms with Crippen molar-refractivity contribution in [3.63, 3.8) is 0 Å². The van der Waals surface area contributed by atoms with Gasteiger partial charge in [0, 0.05) is 37.9 Å². The number of likely N-dealkylation sites (tertiary alicyclic amines) is 1. The van der Waals surface area contributed by atoms with Crippen molar-refractivity contribution >= 4 is 29.1 Å². The second-order valence-corrected chi connectivity index (χ2v) is 7.18. The normalized spacial score (nSPS) is 19.5. The molecular formula is C20H23ClN2O4. The van der Waals surface area contributed by atoms with Gasteiger partial charge in [0.25, 0.3) is 0 Å². The van der Waals surface area contributed by atoms with E-state index >= 15 is 0 Å². The minimum absolute atomic E-state index is 0.121. The number of alkyl halides is 1. The number of hydrogen-bond acceptors (Lipinski definition) is 5. The van der Waals surface area contributed by atoms with Crippen LogP contribution < -0.4 is 0 Å². The van der Waals surface area contributed by atoms with Crippen molar-refractivity contribution in [3.05, 3.63) is 46.8 Å². The van der Waals surface area contributed by atoms with E-state index in [0.717, 1.165) is 6.42 Å². The largest absolute Gasteiger partial charge is 0.383 e. The molecule has 1 unspecified atom stereocenters. The highest BCUT2D eigenvalue weighted by atomic mass is 35.5. The van der Waals surface area contributed by atoms with Gasteiger partial charge in [-0.2, -0.15) is 0 Å². The number of ether oxygens (including phenoxy) is 1. The molecule has 0 radical (unpaired) electrons. The van der Waals surface area contributed by atoms with Crippen LogP contribution in [0.3, 0.4) is 0 Å². The second-order valence-electron chi connectivity index (χ2n) is 6.91. The third kappa shape index (κ3) is 3.64. The van der Waals surface area contributed by atoms with E-state index in [1.807, 2.05) is 4.90 Å².